The molecule has 26 heavy (non-hydrogen) atoms. The standard InChI is InChI=1S/C17H22N6O3/c18-13(24)10-5-7-22(8-6-10)16-19-9-12-14(20-16)21-17(26)23(15(12)25)11-3-1-2-4-11/h9-12H,1-8H2,(H2,18,24). The fourth-order valence-electron chi connectivity index (χ4n) is 4.09. The Balaban J connectivity index is 1.51. The summed E-state index contributed by atoms with van der Waals surface area (Å²) in [6, 6.07) is -0.564. The van der Waals surface area contributed by atoms with E-state index in [2.05, 4.69) is 15.0 Å². The normalized spacial score (nSPS) is 27.5. The van der Waals surface area contributed by atoms with Crippen molar-refractivity contribution in [2.45, 2.75) is 44.6 Å². The lowest BCUT2D eigenvalue weighted by Gasteiger charge is -2.34. The third kappa shape index (κ3) is 2.91. The first-order valence-electron chi connectivity index (χ1n) is 9.17. The molecule has 1 aliphatic carbocycles. The van der Waals surface area contributed by atoms with Gasteiger partial charge in [-0.15, -0.1) is 0 Å². The SMILES string of the molecule is NC(=O)C1CCN(C2=NC3=NC(=O)N(C4CCCC4)C(=O)C3C=N2)CC1. The van der Waals surface area contributed by atoms with E-state index in [1.807, 2.05) is 4.90 Å². The number of urea groups is 1. The van der Waals surface area contributed by atoms with Gasteiger partial charge in [-0.3, -0.25) is 14.5 Å². The maximum Gasteiger partial charge on any atom is 0.352 e. The number of likely N-dealkylation sites (tertiary alicyclic amines) is 1. The third-order valence-corrected chi connectivity index (χ3v) is 5.62. The monoisotopic (exact) mass is 358 g/mol. The van der Waals surface area contributed by atoms with Crippen LogP contribution in [0, 0.1) is 11.8 Å². The number of amidine groups is 1. The molecule has 1 atom stereocenters. The van der Waals surface area contributed by atoms with Crippen LogP contribution in [0.25, 0.3) is 0 Å². The minimum Gasteiger partial charge on any atom is -0.369 e. The first kappa shape index (κ1) is 16.9. The number of amides is 4. The Morgan fingerprint density at radius 2 is 1.77 bits per heavy atom. The smallest absolute Gasteiger partial charge is 0.352 e. The molecule has 4 aliphatic rings. The molecule has 2 fully saturated rings. The molecule has 0 radical (unpaired) electrons. The van der Waals surface area contributed by atoms with E-state index in [1.165, 1.54) is 11.1 Å². The van der Waals surface area contributed by atoms with Crippen LogP contribution in [0.4, 0.5) is 4.79 Å². The molecular weight excluding hydrogens is 336 g/mol. The van der Waals surface area contributed by atoms with E-state index in [-0.39, 0.29) is 29.6 Å². The molecule has 2 N–H and O–H groups in total. The van der Waals surface area contributed by atoms with Crippen LogP contribution in [0.1, 0.15) is 38.5 Å². The molecule has 4 amide bonds. The third-order valence-electron chi connectivity index (χ3n) is 5.62. The minimum atomic E-state index is -0.680. The Bertz CT molecular complexity index is 729. The number of imide groups is 1. The van der Waals surface area contributed by atoms with E-state index in [9.17, 15) is 14.4 Å². The quantitative estimate of drug-likeness (QED) is 0.774. The van der Waals surface area contributed by atoms with Crippen LogP contribution >= 0.6 is 0 Å². The number of aliphatic imine (C=N–C) groups is 3. The van der Waals surface area contributed by atoms with E-state index >= 15 is 0 Å². The van der Waals surface area contributed by atoms with Crippen molar-refractivity contribution < 1.29 is 14.4 Å². The average molecular weight is 358 g/mol. The van der Waals surface area contributed by atoms with Crippen LogP contribution in [-0.2, 0) is 9.59 Å². The summed E-state index contributed by atoms with van der Waals surface area (Å²) >= 11 is 0. The number of primary amides is 1. The number of fused-ring (bicyclic) bond motifs is 1. The van der Waals surface area contributed by atoms with E-state index in [4.69, 9.17) is 5.73 Å². The molecule has 138 valence electrons. The molecule has 1 saturated carbocycles. The van der Waals surface area contributed by atoms with Crippen LogP contribution in [0.5, 0.6) is 0 Å². The number of rotatable bonds is 2. The maximum absolute atomic E-state index is 12.8. The molecule has 1 unspecified atom stereocenters. The van der Waals surface area contributed by atoms with Gasteiger partial charge in [0.1, 0.15) is 5.92 Å². The Morgan fingerprint density at radius 1 is 1.08 bits per heavy atom. The highest BCUT2D eigenvalue weighted by Crippen LogP contribution is 2.29. The van der Waals surface area contributed by atoms with Crippen molar-refractivity contribution in [1.82, 2.24) is 9.80 Å². The zero-order valence-corrected chi connectivity index (χ0v) is 14.5. The van der Waals surface area contributed by atoms with E-state index in [0.717, 1.165) is 25.7 Å². The van der Waals surface area contributed by atoms with Crippen molar-refractivity contribution in [2.24, 2.45) is 32.5 Å². The van der Waals surface area contributed by atoms with Gasteiger partial charge in [0.2, 0.25) is 17.8 Å². The first-order valence-corrected chi connectivity index (χ1v) is 9.17. The largest absolute Gasteiger partial charge is 0.369 e. The molecule has 9 heteroatoms. The van der Waals surface area contributed by atoms with Gasteiger partial charge in [0.05, 0.1) is 0 Å². The van der Waals surface area contributed by atoms with E-state index in [0.29, 0.717) is 31.9 Å². The van der Waals surface area contributed by atoms with Crippen LogP contribution < -0.4 is 5.73 Å². The fraction of sp³-hybridized carbons (Fsp3) is 0.647. The van der Waals surface area contributed by atoms with Gasteiger partial charge in [0.25, 0.3) is 0 Å². The van der Waals surface area contributed by atoms with E-state index < -0.39 is 11.9 Å². The number of nitrogens with two attached hydrogens (primary N) is 1. The number of nitrogens with zero attached hydrogens (tertiary/aromatic N) is 5. The Kier molecular flexibility index (Phi) is 4.29. The second-order valence-corrected chi connectivity index (χ2v) is 7.23. The fourth-order valence-corrected chi connectivity index (χ4v) is 4.09. The molecule has 0 aromatic carbocycles. The Labute approximate surface area is 151 Å². The molecule has 0 aromatic heterocycles. The minimum absolute atomic E-state index is 0.0492. The van der Waals surface area contributed by atoms with Crippen LogP contribution in [0.3, 0.4) is 0 Å². The number of carbonyl (C=O) groups excluding carboxylic acids is 3. The van der Waals surface area contributed by atoms with Crippen molar-refractivity contribution >= 4 is 35.9 Å². The average Bonchev–Trinajstić information content (AvgIpc) is 3.15. The highest BCUT2D eigenvalue weighted by atomic mass is 16.2. The second-order valence-electron chi connectivity index (χ2n) is 7.23. The molecule has 3 aliphatic heterocycles. The van der Waals surface area contributed by atoms with Crippen molar-refractivity contribution in [3.63, 3.8) is 0 Å². The maximum atomic E-state index is 12.8. The van der Waals surface area contributed by atoms with Gasteiger partial charge in [0, 0.05) is 31.3 Å². The van der Waals surface area contributed by atoms with Gasteiger partial charge in [-0.05, 0) is 25.7 Å². The van der Waals surface area contributed by atoms with Crippen LogP contribution in [-0.4, -0.2) is 64.8 Å². The molecule has 4 rings (SSSR count). The summed E-state index contributed by atoms with van der Waals surface area (Å²) in [6.07, 6.45) is 6.57. The molecular formula is C17H22N6O3. The van der Waals surface area contributed by atoms with Gasteiger partial charge in [-0.2, -0.15) is 9.98 Å². The van der Waals surface area contributed by atoms with Crippen LogP contribution in [0.15, 0.2) is 15.0 Å². The summed E-state index contributed by atoms with van der Waals surface area (Å²) in [4.78, 5) is 52.4. The van der Waals surface area contributed by atoms with Gasteiger partial charge in [0.15, 0.2) is 5.84 Å². The second kappa shape index (κ2) is 6.62. The lowest BCUT2D eigenvalue weighted by molar-refractivity contribution is -0.130. The zero-order chi connectivity index (χ0) is 18.3. The predicted octanol–water partition coefficient (Wildman–Crippen LogP) is 0.544. The molecule has 9 nitrogen and oxygen atoms in total. The Morgan fingerprint density at radius 3 is 2.42 bits per heavy atom. The predicted molar refractivity (Wildman–Crippen MR) is 94.8 cm³/mol. The summed E-state index contributed by atoms with van der Waals surface area (Å²) in [5, 5.41) is 0. The molecule has 0 bridgehead atoms. The number of carbonyl (C=O) groups is 3. The summed E-state index contributed by atoms with van der Waals surface area (Å²) in [7, 11) is 0. The molecule has 0 spiro atoms. The summed E-state index contributed by atoms with van der Waals surface area (Å²) in [5.74, 6) is -0.693. The molecule has 0 aromatic rings. The highest BCUT2D eigenvalue weighted by Gasteiger charge is 2.42. The van der Waals surface area contributed by atoms with Crippen molar-refractivity contribution in [1.29, 1.82) is 0 Å². The zero-order valence-electron chi connectivity index (χ0n) is 14.5. The summed E-state index contributed by atoms with van der Waals surface area (Å²) in [5.41, 5.74) is 5.36. The molecule has 1 saturated heterocycles. The van der Waals surface area contributed by atoms with Gasteiger partial charge in [-0.1, -0.05) is 12.8 Å². The van der Waals surface area contributed by atoms with Crippen molar-refractivity contribution in [3.8, 4) is 0 Å². The summed E-state index contributed by atoms with van der Waals surface area (Å²) in [6.45, 7) is 1.22. The Hall–Kier alpha value is -2.58. The summed E-state index contributed by atoms with van der Waals surface area (Å²) < 4.78 is 0. The van der Waals surface area contributed by atoms with Gasteiger partial charge < -0.3 is 10.6 Å². The van der Waals surface area contributed by atoms with Crippen LogP contribution in [0.2, 0.25) is 0 Å². The lowest BCUT2D eigenvalue weighted by atomic mass is 9.96. The number of piperidine rings is 1. The lowest BCUT2D eigenvalue weighted by Crippen LogP contribution is -2.52. The van der Waals surface area contributed by atoms with Gasteiger partial charge in [-0.25, -0.2) is 9.79 Å². The topological polar surface area (TPSA) is 121 Å². The first-order chi connectivity index (χ1) is 12.5. The number of hydrogen-bond acceptors (Lipinski definition) is 6. The van der Waals surface area contributed by atoms with Crippen molar-refractivity contribution in [3.05, 3.63) is 0 Å². The highest BCUT2D eigenvalue weighted by molar-refractivity contribution is 6.27. The van der Waals surface area contributed by atoms with E-state index in [1.54, 1.807) is 0 Å². The number of hydrogen-bond donors (Lipinski definition) is 1. The van der Waals surface area contributed by atoms with Gasteiger partial charge >= 0.3 is 6.03 Å². The number of guanidine groups is 1. The van der Waals surface area contributed by atoms with Crippen molar-refractivity contribution in [2.75, 3.05) is 13.1 Å². The molecule has 3 heterocycles.